The normalized spacial score (nSPS) is 25.1. The van der Waals surface area contributed by atoms with Crippen molar-refractivity contribution in [2.24, 2.45) is 11.8 Å². The molecule has 0 heterocycles. The molecule has 6 nitrogen and oxygen atoms in total. The van der Waals surface area contributed by atoms with E-state index in [-0.39, 0.29) is 34.8 Å². The van der Waals surface area contributed by atoms with Crippen LogP contribution in [0.5, 0.6) is 5.75 Å². The molecule has 240 valence electrons. The van der Waals surface area contributed by atoms with E-state index in [0.717, 1.165) is 28.7 Å². The van der Waals surface area contributed by atoms with Crippen molar-refractivity contribution in [1.29, 1.82) is 0 Å². The number of methoxy groups -OCH3 is 1. The number of ketones is 1. The summed E-state index contributed by atoms with van der Waals surface area (Å²) in [6.07, 6.45) is 1.21. The molecule has 2 saturated carbocycles. The fourth-order valence-electron chi connectivity index (χ4n) is 7.68. The Bertz CT molecular complexity index is 1900. The second-order valence-electron chi connectivity index (χ2n) is 12.7. The van der Waals surface area contributed by atoms with E-state index in [0.29, 0.717) is 5.75 Å². The fourth-order valence-corrected chi connectivity index (χ4v) is 12.0. The Hall–Kier alpha value is -3.75. The number of fused-ring (bicyclic) bond motifs is 1. The Kier molecular flexibility index (Phi) is 8.96. The van der Waals surface area contributed by atoms with Gasteiger partial charge in [-0.1, -0.05) is 79.2 Å². The largest absolute Gasteiger partial charge is 0.497 e. The van der Waals surface area contributed by atoms with E-state index in [1.165, 1.54) is 0 Å². The highest BCUT2D eigenvalue weighted by Crippen LogP contribution is 2.54. The Morgan fingerprint density at radius 1 is 0.674 bits per heavy atom. The van der Waals surface area contributed by atoms with Crippen molar-refractivity contribution >= 4 is 25.5 Å². The summed E-state index contributed by atoms with van der Waals surface area (Å²) in [7, 11) is -6.22. The van der Waals surface area contributed by atoms with E-state index >= 15 is 0 Å². The predicted octanol–water partition coefficient (Wildman–Crippen LogP) is 7.12. The number of hydrogen-bond acceptors (Lipinski definition) is 6. The summed E-state index contributed by atoms with van der Waals surface area (Å²) in [4.78, 5) is 14.6. The highest BCUT2D eigenvalue weighted by molar-refractivity contribution is 7.92. The van der Waals surface area contributed by atoms with Crippen LogP contribution in [0.15, 0.2) is 113 Å². The molecule has 0 amide bonds. The molecule has 6 unspecified atom stereocenters. The number of aryl methyl sites for hydroxylation is 2. The zero-order chi connectivity index (χ0) is 32.6. The molecule has 0 bridgehead atoms. The van der Waals surface area contributed by atoms with Gasteiger partial charge in [0.15, 0.2) is 19.7 Å². The molecule has 0 aliphatic heterocycles. The van der Waals surface area contributed by atoms with E-state index in [1.807, 2.05) is 43.3 Å². The lowest BCUT2D eigenvalue weighted by molar-refractivity contribution is -0.128. The summed E-state index contributed by atoms with van der Waals surface area (Å²) >= 11 is 0. The van der Waals surface area contributed by atoms with Gasteiger partial charge in [-0.25, -0.2) is 16.8 Å². The van der Waals surface area contributed by atoms with Gasteiger partial charge in [0.25, 0.3) is 0 Å². The van der Waals surface area contributed by atoms with Crippen LogP contribution in [0.4, 0.5) is 0 Å². The lowest BCUT2D eigenvalue weighted by Crippen LogP contribution is -2.53. The maximum Gasteiger partial charge on any atom is 0.182 e. The van der Waals surface area contributed by atoms with Crippen molar-refractivity contribution < 1.29 is 26.4 Å². The summed E-state index contributed by atoms with van der Waals surface area (Å²) < 4.78 is 63.5. The second-order valence-corrected chi connectivity index (χ2v) is 17.0. The topological polar surface area (TPSA) is 94.6 Å². The van der Waals surface area contributed by atoms with Crippen LogP contribution in [0.2, 0.25) is 0 Å². The highest BCUT2D eigenvalue weighted by Gasteiger charge is 2.56. The Balaban J connectivity index is 1.50. The van der Waals surface area contributed by atoms with Gasteiger partial charge in [-0.2, -0.15) is 0 Å². The zero-order valence-electron chi connectivity index (χ0n) is 26.4. The third-order valence-electron chi connectivity index (χ3n) is 10.2. The van der Waals surface area contributed by atoms with Crippen LogP contribution in [0.3, 0.4) is 0 Å². The number of ether oxygens (including phenoxy) is 1. The summed E-state index contributed by atoms with van der Waals surface area (Å²) in [5, 5.41) is -1.79. The summed E-state index contributed by atoms with van der Waals surface area (Å²) in [5.41, 5.74) is 3.70. The predicted molar refractivity (Wildman–Crippen MR) is 180 cm³/mol. The summed E-state index contributed by atoms with van der Waals surface area (Å²) in [5.74, 6) is -1.77. The third-order valence-corrected chi connectivity index (χ3v) is 14.7. The molecule has 0 aromatic heterocycles. The molecule has 4 aromatic carbocycles. The summed E-state index contributed by atoms with van der Waals surface area (Å²) in [6.45, 7) is 3.98. The first-order chi connectivity index (χ1) is 22.0. The number of sulfone groups is 2. The first-order valence-electron chi connectivity index (χ1n) is 15.9. The van der Waals surface area contributed by atoms with E-state index in [9.17, 15) is 21.6 Å². The minimum Gasteiger partial charge on any atom is -0.497 e. The molecule has 8 heteroatoms. The molecule has 0 spiro atoms. The maximum atomic E-state index is 14.7. The van der Waals surface area contributed by atoms with E-state index < -0.39 is 53.8 Å². The van der Waals surface area contributed by atoms with Gasteiger partial charge in [-0.05, 0) is 85.2 Å². The minimum atomic E-state index is -3.93. The average Bonchev–Trinajstić information content (AvgIpc) is 3.08. The van der Waals surface area contributed by atoms with E-state index in [1.54, 1.807) is 73.8 Å². The average molecular weight is 657 g/mol. The van der Waals surface area contributed by atoms with Gasteiger partial charge in [0.2, 0.25) is 0 Å². The van der Waals surface area contributed by atoms with Crippen LogP contribution in [-0.4, -0.2) is 40.2 Å². The highest BCUT2D eigenvalue weighted by atomic mass is 32.2. The minimum absolute atomic E-state index is 0.0493. The number of benzene rings is 4. The number of Topliss-reactive ketones (excluding diaryl/α,β-unsaturated/α-hetero) is 1. The number of carbonyl (C=O) groups excluding carboxylic acids is 1. The molecule has 6 rings (SSSR count). The number of carbonyl (C=O) groups is 1. The molecular weight excluding hydrogens is 617 g/mol. The summed E-state index contributed by atoms with van der Waals surface area (Å²) in [6, 6.07) is 30.5. The molecule has 0 N–H and O–H groups in total. The van der Waals surface area contributed by atoms with Crippen molar-refractivity contribution in [1.82, 2.24) is 0 Å². The number of rotatable bonds is 8. The first kappa shape index (κ1) is 32.2. The Labute approximate surface area is 272 Å². The molecule has 0 saturated heterocycles. The van der Waals surface area contributed by atoms with Gasteiger partial charge >= 0.3 is 0 Å². The van der Waals surface area contributed by atoms with Gasteiger partial charge in [0, 0.05) is 24.2 Å². The molecule has 2 aliphatic carbocycles. The molecule has 46 heavy (non-hydrogen) atoms. The van der Waals surface area contributed by atoms with Crippen molar-refractivity contribution in [3.8, 4) is 5.75 Å². The third kappa shape index (κ3) is 5.93. The molecule has 4 aromatic rings. The number of hydrogen-bond donors (Lipinski definition) is 0. The smallest absolute Gasteiger partial charge is 0.182 e. The molecule has 0 radical (unpaired) electrons. The van der Waals surface area contributed by atoms with E-state index in [4.69, 9.17) is 4.74 Å². The van der Waals surface area contributed by atoms with Crippen LogP contribution >= 0.6 is 0 Å². The zero-order valence-corrected chi connectivity index (χ0v) is 28.0. The molecular formula is C38H40O6S2. The molecule has 2 fully saturated rings. The SMILES string of the molecule is CCc1ccc(C2CC(=O)C3CC(S(=O)(=O)c4ccccc4)C(c4ccc(OC)cc4)CC3C2S(=O)(=O)c2ccc(C)cc2)cc1. The quantitative estimate of drug-likeness (QED) is 0.201. The van der Waals surface area contributed by atoms with Gasteiger partial charge in [-0.3, -0.25) is 4.79 Å². The molecule has 2 aliphatic rings. The molecule has 6 atom stereocenters. The van der Waals surface area contributed by atoms with Crippen molar-refractivity contribution in [2.45, 2.75) is 71.7 Å². The maximum absolute atomic E-state index is 14.7. The standard InChI is InChI=1S/C38H40O6S2/c1-4-26-12-14-28(15-13-26)33-23-36(39)34-24-37(45(40,41)30-8-6-5-7-9-30)32(27-16-18-29(44-3)19-17-27)22-35(34)38(33)46(42,43)31-20-10-25(2)11-21-31/h5-21,32-35,37-38H,4,22-24H2,1-3H3. The van der Waals surface area contributed by atoms with Crippen molar-refractivity contribution in [2.75, 3.05) is 7.11 Å². The lowest BCUT2D eigenvalue weighted by Gasteiger charge is -2.48. The van der Waals surface area contributed by atoms with Crippen LogP contribution in [-0.2, 0) is 30.9 Å². The fraction of sp³-hybridized carbons (Fsp3) is 0.342. The first-order valence-corrected chi connectivity index (χ1v) is 19.0. The van der Waals surface area contributed by atoms with E-state index in [2.05, 4.69) is 6.92 Å². The van der Waals surface area contributed by atoms with Gasteiger partial charge in [-0.15, -0.1) is 0 Å². The second kappa shape index (κ2) is 12.8. The van der Waals surface area contributed by atoms with Crippen LogP contribution in [0, 0.1) is 18.8 Å². The Morgan fingerprint density at radius 3 is 1.87 bits per heavy atom. The lowest BCUT2D eigenvalue weighted by atomic mass is 9.61. The van der Waals surface area contributed by atoms with Crippen LogP contribution in [0.25, 0.3) is 0 Å². The van der Waals surface area contributed by atoms with Crippen LogP contribution < -0.4 is 4.74 Å². The Morgan fingerprint density at radius 2 is 1.26 bits per heavy atom. The van der Waals surface area contributed by atoms with Crippen LogP contribution in [0.1, 0.15) is 60.3 Å². The van der Waals surface area contributed by atoms with Crippen molar-refractivity contribution in [3.05, 3.63) is 125 Å². The monoisotopic (exact) mass is 656 g/mol. The van der Waals surface area contributed by atoms with Gasteiger partial charge in [0.1, 0.15) is 11.5 Å². The van der Waals surface area contributed by atoms with Gasteiger partial charge < -0.3 is 4.74 Å². The van der Waals surface area contributed by atoms with Gasteiger partial charge in [0.05, 0.1) is 27.4 Å². The van der Waals surface area contributed by atoms with Crippen molar-refractivity contribution in [3.63, 3.8) is 0 Å².